The smallest absolute Gasteiger partial charge is 0.242 e. The molecule has 0 saturated heterocycles. The maximum absolute atomic E-state index is 12.4. The average molecular weight is 337 g/mol. The first-order valence-corrected chi connectivity index (χ1v) is 8.86. The lowest BCUT2D eigenvalue weighted by Gasteiger charge is -2.31. The van der Waals surface area contributed by atoms with Crippen LogP contribution in [0.1, 0.15) is 25.7 Å². The third-order valence-electron chi connectivity index (χ3n) is 3.72. The lowest BCUT2D eigenvalue weighted by Crippen LogP contribution is -2.44. The summed E-state index contributed by atoms with van der Waals surface area (Å²) < 4.78 is 27.6. The van der Waals surface area contributed by atoms with Crippen LogP contribution in [0.2, 0.25) is 10.0 Å². The van der Waals surface area contributed by atoms with Gasteiger partial charge in [-0.1, -0.05) is 42.1 Å². The highest BCUT2D eigenvalue weighted by Crippen LogP contribution is 2.30. The van der Waals surface area contributed by atoms with Crippen molar-refractivity contribution in [2.24, 2.45) is 11.7 Å². The molecule has 0 aliphatic heterocycles. The Hall–Kier alpha value is -0.330. The number of nitrogens with one attached hydrogen (secondary N) is 1. The predicted molar refractivity (Wildman–Crippen MR) is 81.6 cm³/mol. The van der Waals surface area contributed by atoms with Crippen LogP contribution in [0.4, 0.5) is 0 Å². The summed E-state index contributed by atoms with van der Waals surface area (Å²) in [4.78, 5) is 0.0213. The van der Waals surface area contributed by atoms with E-state index in [-0.39, 0.29) is 26.9 Å². The zero-order chi connectivity index (χ0) is 14.8. The predicted octanol–water partition coefficient (Wildman–Crippen LogP) is 2.79. The minimum atomic E-state index is -3.68. The zero-order valence-corrected chi connectivity index (χ0v) is 13.3. The van der Waals surface area contributed by atoms with Crippen molar-refractivity contribution < 1.29 is 8.42 Å². The van der Waals surface area contributed by atoms with Crippen molar-refractivity contribution in [2.75, 3.05) is 6.54 Å². The Balaban J connectivity index is 2.24. The molecule has 0 radical (unpaired) electrons. The van der Waals surface area contributed by atoms with E-state index in [0.29, 0.717) is 6.54 Å². The van der Waals surface area contributed by atoms with Crippen molar-refractivity contribution in [3.63, 3.8) is 0 Å². The molecule has 20 heavy (non-hydrogen) atoms. The summed E-state index contributed by atoms with van der Waals surface area (Å²) in [7, 11) is -3.68. The topological polar surface area (TPSA) is 72.2 Å². The molecule has 0 spiro atoms. The summed E-state index contributed by atoms with van der Waals surface area (Å²) in [6.07, 6.45) is 3.86. The standard InChI is InChI=1S/C13H18Cl2N2O2S/c14-10-5-3-7-12(13(10)15)20(18,19)17-11-6-2-1-4-9(11)8-16/h3,5,7,9,11,17H,1-2,4,6,8,16H2. The lowest BCUT2D eigenvalue weighted by molar-refractivity contribution is 0.296. The second-order valence-electron chi connectivity index (χ2n) is 5.06. The van der Waals surface area contributed by atoms with Crippen LogP contribution in [-0.2, 0) is 10.0 Å². The Bertz CT molecular complexity index is 578. The van der Waals surface area contributed by atoms with Gasteiger partial charge >= 0.3 is 0 Å². The molecule has 1 aromatic carbocycles. The Morgan fingerprint density at radius 2 is 1.95 bits per heavy atom. The van der Waals surface area contributed by atoms with Crippen LogP contribution in [0.3, 0.4) is 0 Å². The first-order valence-electron chi connectivity index (χ1n) is 6.62. The second kappa shape index (κ2) is 6.62. The maximum atomic E-state index is 12.4. The van der Waals surface area contributed by atoms with Crippen molar-refractivity contribution in [3.8, 4) is 0 Å². The van der Waals surface area contributed by atoms with Gasteiger partial charge in [-0.2, -0.15) is 0 Å². The molecule has 2 rings (SSSR count). The third-order valence-corrected chi connectivity index (χ3v) is 6.19. The number of hydrogen-bond acceptors (Lipinski definition) is 3. The van der Waals surface area contributed by atoms with Crippen molar-refractivity contribution in [2.45, 2.75) is 36.6 Å². The summed E-state index contributed by atoms with van der Waals surface area (Å²) in [6.45, 7) is 0.483. The average Bonchev–Trinajstić information content (AvgIpc) is 2.42. The molecule has 4 nitrogen and oxygen atoms in total. The van der Waals surface area contributed by atoms with Crippen molar-refractivity contribution in [1.82, 2.24) is 4.72 Å². The van der Waals surface area contributed by atoms with Gasteiger partial charge in [-0.15, -0.1) is 0 Å². The molecule has 1 aliphatic carbocycles. The fraction of sp³-hybridized carbons (Fsp3) is 0.538. The Morgan fingerprint density at radius 1 is 1.25 bits per heavy atom. The molecule has 3 N–H and O–H groups in total. The quantitative estimate of drug-likeness (QED) is 0.887. The Labute approximate surface area is 129 Å². The van der Waals surface area contributed by atoms with Crippen LogP contribution >= 0.6 is 23.2 Å². The van der Waals surface area contributed by atoms with E-state index in [4.69, 9.17) is 28.9 Å². The summed E-state index contributed by atoms with van der Waals surface area (Å²) in [6, 6.07) is 4.46. The molecule has 112 valence electrons. The molecule has 0 heterocycles. The van der Waals surface area contributed by atoms with Gasteiger partial charge in [-0.05, 0) is 37.4 Å². The minimum absolute atomic E-state index is 0.0213. The van der Waals surface area contributed by atoms with Crippen molar-refractivity contribution in [3.05, 3.63) is 28.2 Å². The molecule has 0 amide bonds. The molecular formula is C13H18Cl2N2O2S. The molecule has 1 fully saturated rings. The Morgan fingerprint density at radius 3 is 2.65 bits per heavy atom. The fourth-order valence-electron chi connectivity index (χ4n) is 2.60. The number of halogens is 2. The van der Waals surface area contributed by atoms with Gasteiger partial charge in [0.2, 0.25) is 10.0 Å². The monoisotopic (exact) mass is 336 g/mol. The molecular weight excluding hydrogens is 319 g/mol. The van der Waals surface area contributed by atoms with Gasteiger partial charge in [0, 0.05) is 6.04 Å². The highest BCUT2D eigenvalue weighted by atomic mass is 35.5. The molecule has 1 aliphatic rings. The van der Waals surface area contributed by atoms with Gasteiger partial charge in [0.15, 0.2) is 0 Å². The molecule has 0 bridgehead atoms. The Kier molecular flexibility index (Phi) is 5.31. The van der Waals surface area contributed by atoms with E-state index in [9.17, 15) is 8.42 Å². The maximum Gasteiger partial charge on any atom is 0.242 e. The van der Waals surface area contributed by atoms with Crippen molar-refractivity contribution >= 4 is 33.2 Å². The van der Waals surface area contributed by atoms with E-state index in [1.807, 2.05) is 0 Å². The molecule has 1 aromatic rings. The van der Waals surface area contributed by atoms with Gasteiger partial charge in [0.25, 0.3) is 0 Å². The van der Waals surface area contributed by atoms with Gasteiger partial charge in [-0.3, -0.25) is 0 Å². The number of sulfonamides is 1. The van der Waals surface area contributed by atoms with E-state index >= 15 is 0 Å². The van der Waals surface area contributed by atoms with Crippen LogP contribution in [0.15, 0.2) is 23.1 Å². The first kappa shape index (κ1) is 16.0. The van der Waals surface area contributed by atoms with E-state index in [1.165, 1.54) is 6.07 Å². The largest absolute Gasteiger partial charge is 0.330 e. The normalized spacial score (nSPS) is 23.8. The third kappa shape index (κ3) is 3.46. The molecule has 0 aromatic heterocycles. The fourth-order valence-corrected chi connectivity index (χ4v) is 4.70. The molecule has 7 heteroatoms. The highest BCUT2D eigenvalue weighted by molar-refractivity contribution is 7.89. The van der Waals surface area contributed by atoms with E-state index in [0.717, 1.165) is 25.7 Å². The van der Waals surface area contributed by atoms with Crippen LogP contribution < -0.4 is 10.5 Å². The summed E-state index contributed by atoms with van der Waals surface area (Å²) in [5.74, 6) is 0.177. The molecule has 2 atom stereocenters. The highest BCUT2D eigenvalue weighted by Gasteiger charge is 2.29. The number of rotatable bonds is 4. The van der Waals surface area contributed by atoms with E-state index in [2.05, 4.69) is 4.72 Å². The summed E-state index contributed by atoms with van der Waals surface area (Å²) in [5.41, 5.74) is 5.72. The molecule has 1 saturated carbocycles. The van der Waals surface area contributed by atoms with Crippen LogP contribution in [0.25, 0.3) is 0 Å². The molecule has 2 unspecified atom stereocenters. The summed E-state index contributed by atoms with van der Waals surface area (Å²) >= 11 is 11.9. The van der Waals surface area contributed by atoms with Gasteiger partial charge in [0.05, 0.1) is 10.0 Å². The van der Waals surface area contributed by atoms with E-state index in [1.54, 1.807) is 12.1 Å². The van der Waals surface area contributed by atoms with Crippen LogP contribution in [-0.4, -0.2) is 21.0 Å². The van der Waals surface area contributed by atoms with E-state index < -0.39 is 10.0 Å². The second-order valence-corrected chi connectivity index (χ2v) is 7.53. The summed E-state index contributed by atoms with van der Waals surface area (Å²) in [5, 5.41) is 0.287. The van der Waals surface area contributed by atoms with Gasteiger partial charge in [0.1, 0.15) is 4.90 Å². The SMILES string of the molecule is NCC1CCCCC1NS(=O)(=O)c1cccc(Cl)c1Cl. The first-order chi connectivity index (χ1) is 9.45. The van der Waals surface area contributed by atoms with Crippen molar-refractivity contribution in [1.29, 1.82) is 0 Å². The minimum Gasteiger partial charge on any atom is -0.330 e. The van der Waals surface area contributed by atoms with Gasteiger partial charge < -0.3 is 5.73 Å². The number of nitrogens with two attached hydrogens (primary N) is 1. The van der Waals surface area contributed by atoms with Crippen LogP contribution in [0.5, 0.6) is 0 Å². The number of hydrogen-bond donors (Lipinski definition) is 2. The number of benzene rings is 1. The lowest BCUT2D eigenvalue weighted by atomic mass is 9.85. The zero-order valence-electron chi connectivity index (χ0n) is 11.0. The van der Waals surface area contributed by atoms with Crippen LogP contribution in [0, 0.1) is 5.92 Å². The van der Waals surface area contributed by atoms with Gasteiger partial charge in [-0.25, -0.2) is 13.1 Å².